The third kappa shape index (κ3) is 3.95. The van der Waals surface area contributed by atoms with Crippen molar-refractivity contribution in [2.75, 3.05) is 18.1 Å². The highest BCUT2D eigenvalue weighted by atomic mass is 35.5. The van der Waals surface area contributed by atoms with Gasteiger partial charge in [0.1, 0.15) is 11.6 Å². The first-order valence-electron chi connectivity index (χ1n) is 7.45. The minimum Gasteiger partial charge on any atom is -0.482 e. The number of ether oxygens (including phenoxy) is 1. The molecule has 0 N–H and O–H groups in total. The zero-order valence-corrected chi connectivity index (χ0v) is 13.9. The number of hydrogen-bond acceptors (Lipinski definition) is 4. The summed E-state index contributed by atoms with van der Waals surface area (Å²) in [6.45, 7) is -0.238. The summed E-state index contributed by atoms with van der Waals surface area (Å²) in [5.74, 6) is -0.360. The number of carbonyl (C=O) groups excluding carboxylic acids is 1. The summed E-state index contributed by atoms with van der Waals surface area (Å²) >= 11 is 5.86. The lowest BCUT2D eigenvalue weighted by atomic mass is 10.2. The molecule has 8 heteroatoms. The monoisotopic (exact) mass is 361 g/mol. The first-order chi connectivity index (χ1) is 10.9. The number of amides is 1. The van der Waals surface area contributed by atoms with Crippen LogP contribution in [0.2, 0.25) is 5.02 Å². The highest BCUT2D eigenvalue weighted by Crippen LogP contribution is 2.32. The molecule has 0 unspecified atom stereocenters. The number of sulfone groups is 1. The van der Waals surface area contributed by atoms with Crippen LogP contribution in [0.15, 0.2) is 18.2 Å². The molecule has 2 fully saturated rings. The van der Waals surface area contributed by atoms with E-state index in [1.165, 1.54) is 12.1 Å². The van der Waals surface area contributed by atoms with Gasteiger partial charge in [-0.1, -0.05) is 11.6 Å². The van der Waals surface area contributed by atoms with Crippen LogP contribution in [0.3, 0.4) is 0 Å². The molecule has 1 aliphatic carbocycles. The lowest BCUT2D eigenvalue weighted by molar-refractivity contribution is -0.135. The Morgan fingerprint density at radius 2 is 2.04 bits per heavy atom. The molecule has 5 nitrogen and oxygen atoms in total. The lowest BCUT2D eigenvalue weighted by Crippen LogP contribution is -2.45. The zero-order chi connectivity index (χ0) is 16.6. The highest BCUT2D eigenvalue weighted by molar-refractivity contribution is 7.91. The Labute approximate surface area is 139 Å². The Kier molecular flexibility index (Phi) is 4.51. The van der Waals surface area contributed by atoms with Gasteiger partial charge in [0, 0.05) is 12.1 Å². The molecular formula is C15H17ClFNO4S. The highest BCUT2D eigenvalue weighted by Gasteiger charge is 2.42. The summed E-state index contributed by atoms with van der Waals surface area (Å²) in [6.07, 6.45) is 2.25. The number of halogens is 2. The SMILES string of the molecule is O=C(COc1ccc(F)cc1Cl)N(C1CC1)[C@H]1CCS(=O)(=O)C1. The second kappa shape index (κ2) is 6.28. The Morgan fingerprint density at radius 3 is 2.61 bits per heavy atom. The average molecular weight is 362 g/mol. The van der Waals surface area contributed by atoms with Crippen LogP contribution in [0.4, 0.5) is 4.39 Å². The van der Waals surface area contributed by atoms with E-state index in [1.54, 1.807) is 4.90 Å². The smallest absolute Gasteiger partial charge is 0.261 e. The van der Waals surface area contributed by atoms with E-state index in [4.69, 9.17) is 16.3 Å². The molecule has 1 saturated heterocycles. The molecule has 2 aliphatic rings. The molecular weight excluding hydrogens is 345 g/mol. The van der Waals surface area contributed by atoms with E-state index in [-0.39, 0.29) is 46.9 Å². The molecule has 0 aromatic heterocycles. The third-order valence-corrected chi connectivity index (χ3v) is 6.12. The second-order valence-electron chi connectivity index (χ2n) is 5.95. The van der Waals surface area contributed by atoms with E-state index in [9.17, 15) is 17.6 Å². The molecule has 0 radical (unpaired) electrons. The van der Waals surface area contributed by atoms with Crippen LogP contribution < -0.4 is 4.74 Å². The van der Waals surface area contributed by atoms with E-state index in [2.05, 4.69) is 0 Å². The van der Waals surface area contributed by atoms with Gasteiger partial charge in [-0.3, -0.25) is 4.79 Å². The molecule has 1 aromatic carbocycles. The standard InChI is InChI=1S/C15H17ClFNO4S/c16-13-7-10(17)1-4-14(13)22-8-15(19)18(11-2-3-11)12-5-6-23(20,21)9-12/h1,4,7,11-12H,2-3,5-6,8-9H2/t12-/m0/s1. The summed E-state index contributed by atoms with van der Waals surface area (Å²) in [7, 11) is -3.06. The van der Waals surface area contributed by atoms with E-state index in [0.717, 1.165) is 18.9 Å². The maximum absolute atomic E-state index is 13.0. The molecule has 1 heterocycles. The molecule has 1 aromatic rings. The predicted octanol–water partition coefficient (Wildman–Crippen LogP) is 2.04. The molecule has 1 amide bonds. The van der Waals surface area contributed by atoms with Crippen LogP contribution in [0.25, 0.3) is 0 Å². The van der Waals surface area contributed by atoms with Gasteiger partial charge in [-0.2, -0.15) is 0 Å². The molecule has 126 valence electrons. The fourth-order valence-electron chi connectivity index (χ4n) is 2.86. The average Bonchev–Trinajstić information content (AvgIpc) is 3.22. The van der Waals surface area contributed by atoms with Crippen LogP contribution in [0.1, 0.15) is 19.3 Å². The van der Waals surface area contributed by atoms with Gasteiger partial charge in [-0.15, -0.1) is 0 Å². The van der Waals surface area contributed by atoms with Gasteiger partial charge in [-0.05, 0) is 37.5 Å². The van der Waals surface area contributed by atoms with Crippen molar-refractivity contribution < 1.29 is 22.3 Å². The number of rotatable bonds is 5. The number of carbonyl (C=O) groups is 1. The third-order valence-electron chi connectivity index (χ3n) is 4.08. The van der Waals surface area contributed by atoms with Crippen molar-refractivity contribution in [2.45, 2.75) is 31.3 Å². The number of benzene rings is 1. The van der Waals surface area contributed by atoms with Crippen LogP contribution in [0, 0.1) is 5.82 Å². The fraction of sp³-hybridized carbons (Fsp3) is 0.533. The van der Waals surface area contributed by atoms with E-state index < -0.39 is 15.7 Å². The quantitative estimate of drug-likeness (QED) is 0.805. The molecule has 0 bridgehead atoms. The van der Waals surface area contributed by atoms with Gasteiger partial charge < -0.3 is 9.64 Å². The van der Waals surface area contributed by atoms with Crippen molar-refractivity contribution in [3.8, 4) is 5.75 Å². The summed E-state index contributed by atoms with van der Waals surface area (Å²) in [5.41, 5.74) is 0. The fourth-order valence-corrected chi connectivity index (χ4v) is 4.79. The van der Waals surface area contributed by atoms with Gasteiger partial charge in [-0.25, -0.2) is 12.8 Å². The molecule has 3 rings (SSSR count). The molecule has 1 saturated carbocycles. The van der Waals surface area contributed by atoms with Crippen molar-refractivity contribution in [3.63, 3.8) is 0 Å². The van der Waals surface area contributed by atoms with Crippen LogP contribution in [0.5, 0.6) is 5.75 Å². The van der Waals surface area contributed by atoms with Gasteiger partial charge in [0.05, 0.1) is 16.5 Å². The van der Waals surface area contributed by atoms with E-state index >= 15 is 0 Å². The zero-order valence-electron chi connectivity index (χ0n) is 12.4. The Morgan fingerprint density at radius 1 is 1.30 bits per heavy atom. The predicted molar refractivity (Wildman–Crippen MR) is 83.8 cm³/mol. The summed E-state index contributed by atoms with van der Waals surface area (Å²) in [6, 6.07) is 3.52. The molecule has 1 atom stereocenters. The maximum Gasteiger partial charge on any atom is 0.261 e. The normalized spacial score (nSPS) is 22.8. The van der Waals surface area contributed by atoms with Crippen molar-refractivity contribution >= 4 is 27.3 Å². The van der Waals surface area contributed by atoms with Crippen molar-refractivity contribution in [2.24, 2.45) is 0 Å². The lowest BCUT2D eigenvalue weighted by Gasteiger charge is -2.28. The van der Waals surface area contributed by atoms with E-state index in [1.807, 2.05) is 0 Å². The molecule has 1 aliphatic heterocycles. The summed E-state index contributed by atoms with van der Waals surface area (Å²) in [4.78, 5) is 14.1. The van der Waals surface area contributed by atoms with Gasteiger partial charge in [0.2, 0.25) is 0 Å². The van der Waals surface area contributed by atoms with Crippen molar-refractivity contribution in [1.29, 1.82) is 0 Å². The molecule has 0 spiro atoms. The first-order valence-corrected chi connectivity index (χ1v) is 9.65. The van der Waals surface area contributed by atoms with Gasteiger partial charge in [0.25, 0.3) is 5.91 Å². The Bertz CT molecular complexity index is 720. The number of nitrogens with zero attached hydrogens (tertiary/aromatic N) is 1. The van der Waals surface area contributed by atoms with Gasteiger partial charge in [0.15, 0.2) is 16.4 Å². The second-order valence-corrected chi connectivity index (χ2v) is 8.59. The van der Waals surface area contributed by atoms with Crippen LogP contribution in [-0.2, 0) is 14.6 Å². The minimum absolute atomic E-state index is 0.0204. The van der Waals surface area contributed by atoms with Crippen LogP contribution in [-0.4, -0.2) is 49.4 Å². The summed E-state index contributed by atoms with van der Waals surface area (Å²) < 4.78 is 41.7. The van der Waals surface area contributed by atoms with Gasteiger partial charge >= 0.3 is 0 Å². The minimum atomic E-state index is -3.06. The number of hydrogen-bond donors (Lipinski definition) is 0. The Hall–Kier alpha value is -1.34. The maximum atomic E-state index is 13.0. The summed E-state index contributed by atoms with van der Waals surface area (Å²) in [5, 5.41) is 0.0965. The van der Waals surface area contributed by atoms with Crippen LogP contribution >= 0.6 is 11.6 Å². The largest absolute Gasteiger partial charge is 0.482 e. The van der Waals surface area contributed by atoms with Crippen molar-refractivity contribution in [1.82, 2.24) is 4.90 Å². The Balaban J connectivity index is 1.65. The van der Waals surface area contributed by atoms with E-state index in [0.29, 0.717) is 6.42 Å². The first kappa shape index (κ1) is 16.5. The van der Waals surface area contributed by atoms with Crippen molar-refractivity contribution in [3.05, 3.63) is 29.0 Å². The topological polar surface area (TPSA) is 63.7 Å². The molecule has 23 heavy (non-hydrogen) atoms.